The predicted molar refractivity (Wildman–Crippen MR) is 110 cm³/mol. The summed E-state index contributed by atoms with van der Waals surface area (Å²) in [5, 5.41) is 3.70. The largest absolute Gasteiger partial charge is 0.466 e. The summed E-state index contributed by atoms with van der Waals surface area (Å²) in [6.45, 7) is 0. The predicted octanol–water partition coefficient (Wildman–Crippen LogP) is 4.49. The Morgan fingerprint density at radius 2 is 1.64 bits per heavy atom. The lowest BCUT2D eigenvalue weighted by atomic mass is 10.1. The van der Waals surface area contributed by atoms with E-state index in [1.165, 1.54) is 0 Å². The van der Waals surface area contributed by atoms with E-state index in [1.807, 2.05) is 0 Å². The number of ether oxygens (including phenoxy) is 2. The Bertz CT molecular complexity index is 1310. The van der Waals surface area contributed by atoms with Gasteiger partial charge in [-0.05, 0) is 6.07 Å². The van der Waals surface area contributed by atoms with Crippen LogP contribution >= 0.6 is 0 Å². The zero-order valence-corrected chi connectivity index (χ0v) is 17.1. The van der Waals surface area contributed by atoms with E-state index < -0.39 is 29.9 Å². The number of nitrogens with zero attached hydrogens (tertiary/aromatic N) is 3. The number of carbonyl (C=O) groups excluding carboxylic acids is 2. The lowest BCUT2D eigenvalue weighted by molar-refractivity contribution is -0.151. The number of hydrogen-bond donors (Lipinski definition) is 0. The fraction of sp³-hybridized carbons (Fsp3) is 0.130. The van der Waals surface area contributed by atoms with E-state index in [0.717, 1.165) is 19.4 Å². The van der Waals surface area contributed by atoms with Crippen LogP contribution in [0.15, 0.2) is 72.9 Å². The molecule has 0 aliphatic carbocycles. The van der Waals surface area contributed by atoms with Crippen LogP contribution in [0.2, 0.25) is 0 Å². The Hall–Kier alpha value is -4.21. The molecule has 0 fully saturated rings. The van der Waals surface area contributed by atoms with Crippen LogP contribution in [0.1, 0.15) is 27.7 Å². The third kappa shape index (κ3) is 4.40. The van der Waals surface area contributed by atoms with Crippen LogP contribution in [0.25, 0.3) is 16.9 Å². The Morgan fingerprint density at radius 1 is 1.00 bits per heavy atom. The molecule has 0 aliphatic heterocycles. The van der Waals surface area contributed by atoms with Gasteiger partial charge >= 0.3 is 18.1 Å². The quantitative estimate of drug-likeness (QED) is 0.413. The highest BCUT2D eigenvalue weighted by molar-refractivity contribution is 5.97. The maximum Gasteiger partial charge on any atom is 0.433 e. The van der Waals surface area contributed by atoms with Crippen molar-refractivity contribution in [3.8, 4) is 11.3 Å². The van der Waals surface area contributed by atoms with Crippen LogP contribution in [0.4, 0.5) is 13.2 Å². The zero-order chi connectivity index (χ0) is 23.6. The number of hydrogen-bond acceptors (Lipinski definition) is 6. The van der Waals surface area contributed by atoms with Crippen LogP contribution in [0.5, 0.6) is 0 Å². The van der Waals surface area contributed by atoms with Crippen molar-refractivity contribution in [3.63, 3.8) is 0 Å². The molecule has 0 saturated heterocycles. The van der Waals surface area contributed by atoms with Crippen LogP contribution in [-0.2, 0) is 20.4 Å². The van der Waals surface area contributed by atoms with Crippen molar-refractivity contribution >= 4 is 17.6 Å². The molecule has 0 spiro atoms. The average molecular weight is 455 g/mol. The van der Waals surface area contributed by atoms with Gasteiger partial charge in [0, 0.05) is 11.1 Å². The number of benzene rings is 2. The standard InChI is InChI=1S/C23H16F3N3O4/c1-32-22(31)19(15-10-6-3-7-11-15)33-21(30)16-13-27-29-18(23(24,25)26)12-17(28-20(16)29)14-8-4-2-5-9-14/h2-13,19H,1H3. The van der Waals surface area contributed by atoms with Crippen molar-refractivity contribution in [2.45, 2.75) is 12.3 Å². The SMILES string of the molecule is COC(=O)C(OC(=O)c1cnn2c(C(F)(F)F)cc(-c3ccccc3)nc12)c1ccccc1. The molecule has 10 heteroatoms. The lowest BCUT2D eigenvalue weighted by Gasteiger charge is -2.16. The van der Waals surface area contributed by atoms with Gasteiger partial charge in [-0.1, -0.05) is 60.7 Å². The summed E-state index contributed by atoms with van der Waals surface area (Å²) >= 11 is 0. The van der Waals surface area contributed by atoms with E-state index in [0.29, 0.717) is 15.6 Å². The number of rotatable bonds is 5. The molecule has 1 unspecified atom stereocenters. The molecule has 0 bridgehead atoms. The summed E-state index contributed by atoms with van der Waals surface area (Å²) in [7, 11) is 1.13. The number of aromatic nitrogens is 3. The molecule has 168 valence electrons. The number of methoxy groups -OCH3 is 1. The molecule has 33 heavy (non-hydrogen) atoms. The number of alkyl halides is 3. The van der Waals surface area contributed by atoms with Crippen LogP contribution in [0, 0.1) is 0 Å². The molecule has 2 aromatic carbocycles. The van der Waals surface area contributed by atoms with Gasteiger partial charge in [0.2, 0.25) is 6.10 Å². The molecule has 2 aromatic heterocycles. The fourth-order valence-electron chi connectivity index (χ4n) is 3.22. The van der Waals surface area contributed by atoms with Crippen molar-refractivity contribution < 1.29 is 32.2 Å². The van der Waals surface area contributed by atoms with Crippen molar-refractivity contribution in [2.24, 2.45) is 0 Å². The normalized spacial score (nSPS) is 12.4. The summed E-state index contributed by atoms with van der Waals surface area (Å²) in [5.41, 5.74) is -1.05. The van der Waals surface area contributed by atoms with Crippen molar-refractivity contribution in [2.75, 3.05) is 7.11 Å². The second kappa shape index (κ2) is 8.73. The van der Waals surface area contributed by atoms with Gasteiger partial charge in [0.1, 0.15) is 5.56 Å². The van der Waals surface area contributed by atoms with Gasteiger partial charge in [0.25, 0.3) is 0 Å². The molecular formula is C23H16F3N3O4. The maximum absolute atomic E-state index is 13.7. The molecule has 0 amide bonds. The van der Waals surface area contributed by atoms with Gasteiger partial charge in [-0.15, -0.1) is 0 Å². The van der Waals surface area contributed by atoms with E-state index in [4.69, 9.17) is 9.47 Å². The summed E-state index contributed by atoms with van der Waals surface area (Å²) in [4.78, 5) is 29.4. The van der Waals surface area contributed by atoms with Crippen LogP contribution in [0.3, 0.4) is 0 Å². The molecule has 7 nitrogen and oxygen atoms in total. The molecule has 2 heterocycles. The molecule has 4 rings (SSSR count). The Balaban J connectivity index is 1.80. The second-order valence-electron chi connectivity index (χ2n) is 6.90. The van der Waals surface area contributed by atoms with Crippen LogP contribution < -0.4 is 0 Å². The van der Waals surface area contributed by atoms with Crippen molar-refractivity contribution in [1.82, 2.24) is 14.6 Å². The zero-order valence-electron chi connectivity index (χ0n) is 17.1. The second-order valence-corrected chi connectivity index (χ2v) is 6.90. The third-order valence-corrected chi connectivity index (χ3v) is 4.79. The Labute approximate surface area is 185 Å². The van der Waals surface area contributed by atoms with Crippen molar-refractivity contribution in [3.05, 3.63) is 89.7 Å². The molecule has 0 radical (unpaired) electrons. The molecular weight excluding hydrogens is 439 g/mol. The Kier molecular flexibility index (Phi) is 5.82. The van der Waals surface area contributed by atoms with E-state index in [9.17, 15) is 22.8 Å². The summed E-state index contributed by atoms with van der Waals surface area (Å²) < 4.78 is 51.8. The van der Waals surface area contributed by atoms with E-state index in [2.05, 4.69) is 10.1 Å². The number of halogens is 3. The third-order valence-electron chi connectivity index (χ3n) is 4.79. The van der Waals surface area contributed by atoms with E-state index >= 15 is 0 Å². The monoisotopic (exact) mass is 455 g/mol. The fourth-order valence-corrected chi connectivity index (χ4v) is 3.22. The smallest absolute Gasteiger partial charge is 0.433 e. The average Bonchev–Trinajstić information content (AvgIpc) is 3.26. The van der Waals surface area contributed by atoms with Gasteiger partial charge in [-0.25, -0.2) is 19.1 Å². The first kappa shape index (κ1) is 22.0. The molecule has 0 N–H and O–H groups in total. The van der Waals surface area contributed by atoms with Gasteiger partial charge < -0.3 is 9.47 Å². The Morgan fingerprint density at radius 3 is 2.24 bits per heavy atom. The van der Waals surface area contributed by atoms with Crippen LogP contribution in [-0.4, -0.2) is 33.6 Å². The highest BCUT2D eigenvalue weighted by Gasteiger charge is 2.36. The highest BCUT2D eigenvalue weighted by atomic mass is 19.4. The topological polar surface area (TPSA) is 82.8 Å². The molecule has 4 aromatic rings. The first-order chi connectivity index (χ1) is 15.8. The van der Waals surface area contributed by atoms with Crippen molar-refractivity contribution in [1.29, 1.82) is 0 Å². The maximum atomic E-state index is 13.7. The van der Waals surface area contributed by atoms with E-state index in [-0.39, 0.29) is 16.9 Å². The van der Waals surface area contributed by atoms with E-state index in [1.54, 1.807) is 60.7 Å². The minimum atomic E-state index is -4.77. The summed E-state index contributed by atoms with van der Waals surface area (Å²) in [6, 6.07) is 17.1. The molecule has 1 atom stereocenters. The molecule has 0 saturated carbocycles. The highest BCUT2D eigenvalue weighted by Crippen LogP contribution is 2.33. The first-order valence-electron chi connectivity index (χ1n) is 9.64. The van der Waals surface area contributed by atoms with Gasteiger partial charge in [-0.2, -0.15) is 18.3 Å². The van der Waals surface area contributed by atoms with Gasteiger partial charge in [0.15, 0.2) is 11.3 Å². The number of carbonyl (C=O) groups is 2. The minimum Gasteiger partial charge on any atom is -0.466 e. The van der Waals surface area contributed by atoms with Gasteiger partial charge in [0.05, 0.1) is 19.0 Å². The van der Waals surface area contributed by atoms with Gasteiger partial charge in [-0.3, -0.25) is 0 Å². The lowest BCUT2D eigenvalue weighted by Crippen LogP contribution is -2.21. The molecule has 0 aliphatic rings. The summed E-state index contributed by atoms with van der Waals surface area (Å²) in [5.74, 6) is -1.92. The number of fused-ring (bicyclic) bond motifs is 1. The minimum absolute atomic E-state index is 0.00227. The number of esters is 2. The first-order valence-corrected chi connectivity index (χ1v) is 9.64. The summed E-state index contributed by atoms with van der Waals surface area (Å²) in [6.07, 6.45) is -5.26.